The van der Waals surface area contributed by atoms with Crippen LogP contribution in [0.2, 0.25) is 0 Å². The molecule has 3 amide bonds. The van der Waals surface area contributed by atoms with Crippen LogP contribution in [0.25, 0.3) is 0 Å². The van der Waals surface area contributed by atoms with Crippen LogP contribution in [-0.2, 0) is 16.0 Å². The van der Waals surface area contributed by atoms with Crippen molar-refractivity contribution in [3.63, 3.8) is 0 Å². The highest BCUT2D eigenvalue weighted by atomic mass is 19.1. The number of rotatable bonds is 7. The number of hydrogen-bond donors (Lipinski definition) is 2. The van der Waals surface area contributed by atoms with Gasteiger partial charge in [-0.3, -0.25) is 14.4 Å². The molecule has 0 aromatic heterocycles. The number of carbonyl (C=O) groups excluding carboxylic acids is 3. The van der Waals surface area contributed by atoms with Gasteiger partial charge in [-0.25, -0.2) is 4.39 Å². The number of nitrogens with one attached hydrogen (secondary N) is 2. The zero-order valence-electron chi connectivity index (χ0n) is 15.4. The standard InChI is InChI=1S/C21H22FN3O3/c22-18-5-2-1-4-15(18)11-12-23-19(26)14-24-21(28)16-7-9-17(10-8-16)25-13-3-6-20(25)27/h1-2,4-5,7-10H,3,6,11-14H2,(H,23,26)(H,24,28). The Bertz CT molecular complexity index is 867. The summed E-state index contributed by atoms with van der Waals surface area (Å²) in [6.45, 7) is 0.814. The summed E-state index contributed by atoms with van der Waals surface area (Å²) < 4.78 is 13.5. The number of hydrogen-bond acceptors (Lipinski definition) is 3. The molecule has 28 heavy (non-hydrogen) atoms. The minimum absolute atomic E-state index is 0.0873. The molecule has 1 aliphatic rings. The molecule has 0 bridgehead atoms. The number of amides is 3. The Morgan fingerprint density at radius 1 is 1.04 bits per heavy atom. The van der Waals surface area contributed by atoms with Crippen molar-refractivity contribution in [2.24, 2.45) is 0 Å². The van der Waals surface area contributed by atoms with Gasteiger partial charge in [-0.05, 0) is 48.7 Å². The lowest BCUT2D eigenvalue weighted by Crippen LogP contribution is -2.37. The number of nitrogens with zero attached hydrogens (tertiary/aromatic N) is 1. The number of halogens is 1. The van der Waals surface area contributed by atoms with Gasteiger partial charge in [0.1, 0.15) is 5.82 Å². The molecule has 1 fully saturated rings. The highest BCUT2D eigenvalue weighted by molar-refractivity contribution is 5.98. The maximum atomic E-state index is 13.5. The molecule has 0 aliphatic carbocycles. The normalized spacial score (nSPS) is 13.5. The van der Waals surface area contributed by atoms with Gasteiger partial charge in [0.25, 0.3) is 5.91 Å². The molecule has 7 heteroatoms. The SMILES string of the molecule is O=C(CNC(=O)c1ccc(N2CCCC2=O)cc1)NCCc1ccccc1F. The molecular formula is C21H22FN3O3. The van der Waals surface area contributed by atoms with Crippen molar-refractivity contribution in [3.05, 3.63) is 65.5 Å². The van der Waals surface area contributed by atoms with Crippen LogP contribution in [0.4, 0.5) is 10.1 Å². The molecule has 1 aliphatic heterocycles. The van der Waals surface area contributed by atoms with Crippen molar-refractivity contribution in [2.45, 2.75) is 19.3 Å². The van der Waals surface area contributed by atoms with E-state index < -0.39 is 0 Å². The second-order valence-electron chi connectivity index (χ2n) is 6.57. The minimum atomic E-state index is -0.372. The quantitative estimate of drug-likeness (QED) is 0.768. The highest BCUT2D eigenvalue weighted by Gasteiger charge is 2.21. The zero-order chi connectivity index (χ0) is 19.9. The maximum absolute atomic E-state index is 13.5. The van der Waals surface area contributed by atoms with Crippen LogP contribution in [0.3, 0.4) is 0 Å². The lowest BCUT2D eigenvalue weighted by atomic mass is 10.1. The fourth-order valence-corrected chi connectivity index (χ4v) is 3.08. The van der Waals surface area contributed by atoms with Crippen LogP contribution in [-0.4, -0.2) is 37.4 Å². The molecule has 2 aromatic rings. The second kappa shape index (κ2) is 9.12. The average molecular weight is 383 g/mol. The third-order valence-corrected chi connectivity index (χ3v) is 4.60. The molecule has 1 saturated heterocycles. The van der Waals surface area contributed by atoms with E-state index in [9.17, 15) is 18.8 Å². The summed E-state index contributed by atoms with van der Waals surface area (Å²) in [6.07, 6.45) is 1.77. The third kappa shape index (κ3) is 4.94. The average Bonchev–Trinajstić information content (AvgIpc) is 3.13. The third-order valence-electron chi connectivity index (χ3n) is 4.60. The van der Waals surface area contributed by atoms with Crippen LogP contribution in [0.5, 0.6) is 0 Å². The number of anilines is 1. The highest BCUT2D eigenvalue weighted by Crippen LogP contribution is 2.21. The van der Waals surface area contributed by atoms with E-state index in [1.807, 2.05) is 0 Å². The Morgan fingerprint density at radius 3 is 2.46 bits per heavy atom. The van der Waals surface area contributed by atoms with E-state index in [-0.39, 0.29) is 36.6 Å². The molecule has 2 aromatic carbocycles. The lowest BCUT2D eigenvalue weighted by molar-refractivity contribution is -0.120. The van der Waals surface area contributed by atoms with E-state index in [1.54, 1.807) is 47.4 Å². The maximum Gasteiger partial charge on any atom is 0.251 e. The minimum Gasteiger partial charge on any atom is -0.354 e. The molecule has 0 radical (unpaired) electrons. The zero-order valence-corrected chi connectivity index (χ0v) is 15.4. The van der Waals surface area contributed by atoms with Crippen molar-refractivity contribution >= 4 is 23.4 Å². The van der Waals surface area contributed by atoms with Crippen molar-refractivity contribution in [3.8, 4) is 0 Å². The molecule has 1 heterocycles. The van der Waals surface area contributed by atoms with Gasteiger partial charge in [0.05, 0.1) is 6.54 Å². The van der Waals surface area contributed by atoms with Gasteiger partial charge < -0.3 is 15.5 Å². The summed E-state index contributed by atoms with van der Waals surface area (Å²) in [5.41, 5.74) is 1.71. The predicted molar refractivity (Wildman–Crippen MR) is 103 cm³/mol. The topological polar surface area (TPSA) is 78.5 Å². The van der Waals surface area contributed by atoms with E-state index in [2.05, 4.69) is 10.6 Å². The Hall–Kier alpha value is -3.22. The number of benzene rings is 2. The summed E-state index contributed by atoms with van der Waals surface area (Å²) in [4.78, 5) is 37.5. The van der Waals surface area contributed by atoms with Crippen LogP contribution in [0.1, 0.15) is 28.8 Å². The fraction of sp³-hybridized carbons (Fsp3) is 0.286. The van der Waals surface area contributed by atoms with Gasteiger partial charge in [-0.1, -0.05) is 18.2 Å². The summed E-state index contributed by atoms with van der Waals surface area (Å²) in [6, 6.07) is 13.1. The lowest BCUT2D eigenvalue weighted by Gasteiger charge is -2.15. The first-order chi connectivity index (χ1) is 13.5. The second-order valence-corrected chi connectivity index (χ2v) is 6.57. The van der Waals surface area contributed by atoms with Crippen molar-refractivity contribution in [1.82, 2.24) is 10.6 Å². The van der Waals surface area contributed by atoms with Crippen molar-refractivity contribution < 1.29 is 18.8 Å². The van der Waals surface area contributed by atoms with Crippen LogP contribution < -0.4 is 15.5 Å². The van der Waals surface area contributed by atoms with Gasteiger partial charge >= 0.3 is 0 Å². The molecule has 146 valence electrons. The van der Waals surface area contributed by atoms with Crippen LogP contribution in [0.15, 0.2) is 48.5 Å². The van der Waals surface area contributed by atoms with Gasteiger partial charge in [-0.2, -0.15) is 0 Å². The summed E-state index contributed by atoms with van der Waals surface area (Å²) in [7, 11) is 0. The Morgan fingerprint density at radius 2 is 1.79 bits per heavy atom. The first-order valence-electron chi connectivity index (χ1n) is 9.23. The fourth-order valence-electron chi connectivity index (χ4n) is 3.08. The molecule has 0 spiro atoms. The van der Waals surface area contributed by atoms with E-state index >= 15 is 0 Å². The largest absolute Gasteiger partial charge is 0.354 e. The Kier molecular flexibility index (Phi) is 6.37. The van der Waals surface area contributed by atoms with E-state index in [0.717, 1.165) is 12.1 Å². The monoisotopic (exact) mass is 383 g/mol. The Balaban J connectivity index is 1.42. The summed E-state index contributed by atoms with van der Waals surface area (Å²) >= 11 is 0. The molecule has 6 nitrogen and oxygen atoms in total. The van der Waals surface area contributed by atoms with Crippen molar-refractivity contribution in [1.29, 1.82) is 0 Å². The molecule has 0 atom stereocenters. The molecule has 3 rings (SSSR count). The number of carbonyl (C=O) groups is 3. The van der Waals surface area contributed by atoms with Gasteiger partial charge in [-0.15, -0.1) is 0 Å². The van der Waals surface area contributed by atoms with Crippen LogP contribution in [0, 0.1) is 5.82 Å². The van der Waals surface area contributed by atoms with E-state index in [1.165, 1.54) is 6.07 Å². The molecule has 0 saturated carbocycles. The predicted octanol–water partition coefficient (Wildman–Crippen LogP) is 2.04. The smallest absolute Gasteiger partial charge is 0.251 e. The molecular weight excluding hydrogens is 361 g/mol. The summed E-state index contributed by atoms with van der Waals surface area (Å²) in [5.74, 6) is -0.930. The first kappa shape index (κ1) is 19.5. The van der Waals surface area contributed by atoms with E-state index in [4.69, 9.17) is 0 Å². The van der Waals surface area contributed by atoms with Gasteiger partial charge in [0.15, 0.2) is 0 Å². The first-order valence-corrected chi connectivity index (χ1v) is 9.23. The molecule has 2 N–H and O–H groups in total. The molecule has 0 unspecified atom stereocenters. The van der Waals surface area contributed by atoms with Gasteiger partial charge in [0.2, 0.25) is 11.8 Å². The van der Waals surface area contributed by atoms with Crippen LogP contribution >= 0.6 is 0 Å². The van der Waals surface area contributed by atoms with Gasteiger partial charge in [0, 0.05) is 30.8 Å². The van der Waals surface area contributed by atoms with Crippen molar-refractivity contribution in [2.75, 3.05) is 24.5 Å². The summed E-state index contributed by atoms with van der Waals surface area (Å²) in [5, 5.41) is 5.20. The Labute approximate surface area is 162 Å². The van der Waals surface area contributed by atoms with E-state index in [0.29, 0.717) is 30.5 Å².